The molecule has 0 spiro atoms. The highest BCUT2D eigenvalue weighted by Gasteiger charge is 2.22. The van der Waals surface area contributed by atoms with Crippen molar-refractivity contribution in [1.29, 1.82) is 0 Å². The Morgan fingerprint density at radius 1 is 1.47 bits per heavy atom. The summed E-state index contributed by atoms with van der Waals surface area (Å²) in [5.74, 6) is -0.0110. The van der Waals surface area contributed by atoms with Gasteiger partial charge in [0, 0.05) is 13.1 Å². The Morgan fingerprint density at radius 3 is 2.93 bits per heavy atom. The van der Waals surface area contributed by atoms with Crippen LogP contribution in [0, 0.1) is 5.82 Å². The van der Waals surface area contributed by atoms with Crippen LogP contribution in [0.1, 0.15) is 24.0 Å². The maximum absolute atomic E-state index is 13.9. The van der Waals surface area contributed by atoms with Crippen molar-refractivity contribution in [3.8, 4) is 0 Å². The summed E-state index contributed by atoms with van der Waals surface area (Å²) in [7, 11) is 2.07. The molecule has 1 aliphatic heterocycles. The molecule has 0 unspecified atom stereocenters. The SMILES string of the molecule is C[C@H]1CN(C)CCc2ccc(Cl)c(F)c21. The minimum Gasteiger partial charge on any atom is -0.305 e. The summed E-state index contributed by atoms with van der Waals surface area (Å²) in [5, 5.41) is 0.241. The molecule has 1 aromatic carbocycles. The number of benzene rings is 1. The molecule has 0 radical (unpaired) electrons. The van der Waals surface area contributed by atoms with Crippen LogP contribution in [0.15, 0.2) is 12.1 Å². The van der Waals surface area contributed by atoms with E-state index in [0.717, 1.165) is 30.6 Å². The number of hydrogen-bond donors (Lipinski definition) is 0. The summed E-state index contributed by atoms with van der Waals surface area (Å²) in [6.07, 6.45) is 0.907. The Hall–Kier alpha value is -0.600. The van der Waals surface area contributed by atoms with Crippen LogP contribution in [0.5, 0.6) is 0 Å². The van der Waals surface area contributed by atoms with E-state index >= 15 is 0 Å². The molecule has 1 nitrogen and oxygen atoms in total. The fourth-order valence-electron chi connectivity index (χ4n) is 2.32. The average Bonchev–Trinajstić information content (AvgIpc) is 2.32. The van der Waals surface area contributed by atoms with Gasteiger partial charge in [0.15, 0.2) is 0 Å². The van der Waals surface area contributed by atoms with Gasteiger partial charge in [0.25, 0.3) is 0 Å². The fourth-order valence-corrected chi connectivity index (χ4v) is 2.48. The maximum atomic E-state index is 13.9. The first-order valence-corrected chi connectivity index (χ1v) is 5.62. The van der Waals surface area contributed by atoms with Gasteiger partial charge >= 0.3 is 0 Å². The van der Waals surface area contributed by atoms with Gasteiger partial charge in [-0.3, -0.25) is 0 Å². The number of rotatable bonds is 0. The standard InChI is InChI=1S/C12H15ClFN/c1-8-7-15(2)6-5-9-3-4-10(13)12(14)11(8)9/h3-4,8H,5-7H2,1-2H3/t8-/m0/s1. The van der Waals surface area contributed by atoms with E-state index in [-0.39, 0.29) is 16.8 Å². The lowest BCUT2D eigenvalue weighted by molar-refractivity contribution is 0.330. The molecule has 82 valence electrons. The molecule has 2 rings (SSSR count). The fraction of sp³-hybridized carbons (Fsp3) is 0.500. The molecule has 0 amide bonds. The normalized spacial score (nSPS) is 22.3. The molecule has 3 heteroatoms. The van der Waals surface area contributed by atoms with Crippen molar-refractivity contribution in [2.75, 3.05) is 20.1 Å². The van der Waals surface area contributed by atoms with Gasteiger partial charge in [-0.1, -0.05) is 24.6 Å². The second kappa shape index (κ2) is 4.11. The lowest BCUT2D eigenvalue weighted by Crippen LogP contribution is -2.22. The summed E-state index contributed by atoms with van der Waals surface area (Å²) in [6.45, 7) is 3.93. The van der Waals surface area contributed by atoms with Gasteiger partial charge in [-0.2, -0.15) is 0 Å². The summed E-state index contributed by atoms with van der Waals surface area (Å²) in [5.41, 5.74) is 1.92. The first-order valence-electron chi connectivity index (χ1n) is 5.25. The summed E-state index contributed by atoms with van der Waals surface area (Å²) < 4.78 is 13.9. The van der Waals surface area contributed by atoms with Crippen LogP contribution in [0.3, 0.4) is 0 Å². The van der Waals surface area contributed by atoms with Crippen LogP contribution >= 0.6 is 11.6 Å². The molecule has 0 saturated heterocycles. The molecule has 0 aliphatic carbocycles. The Balaban J connectivity index is 2.50. The molecule has 1 aliphatic rings. The van der Waals surface area contributed by atoms with Crippen LogP contribution in [-0.4, -0.2) is 25.0 Å². The lowest BCUT2D eigenvalue weighted by Gasteiger charge is -2.17. The first kappa shape index (κ1) is 10.9. The van der Waals surface area contributed by atoms with E-state index < -0.39 is 0 Å². The maximum Gasteiger partial charge on any atom is 0.145 e. The molecule has 0 bridgehead atoms. The Kier molecular flexibility index (Phi) is 2.98. The van der Waals surface area contributed by atoms with E-state index in [1.54, 1.807) is 6.07 Å². The van der Waals surface area contributed by atoms with E-state index in [1.807, 2.05) is 6.07 Å². The zero-order valence-corrected chi connectivity index (χ0v) is 9.81. The van der Waals surface area contributed by atoms with E-state index in [4.69, 9.17) is 11.6 Å². The highest BCUT2D eigenvalue weighted by atomic mass is 35.5. The summed E-state index contributed by atoms with van der Waals surface area (Å²) in [6, 6.07) is 3.62. The molecule has 0 N–H and O–H groups in total. The third-order valence-electron chi connectivity index (χ3n) is 3.06. The van der Waals surface area contributed by atoms with Crippen molar-refractivity contribution in [1.82, 2.24) is 4.90 Å². The Labute approximate surface area is 94.8 Å². The summed E-state index contributed by atoms with van der Waals surface area (Å²) in [4.78, 5) is 2.23. The first-order chi connectivity index (χ1) is 7.09. The summed E-state index contributed by atoms with van der Waals surface area (Å²) >= 11 is 5.81. The van der Waals surface area contributed by atoms with Gasteiger partial charge in [-0.15, -0.1) is 0 Å². The monoisotopic (exact) mass is 227 g/mol. The third kappa shape index (κ3) is 2.01. The number of hydrogen-bond acceptors (Lipinski definition) is 1. The van der Waals surface area contributed by atoms with E-state index in [2.05, 4.69) is 18.9 Å². The number of halogens is 2. The molecule has 1 atom stereocenters. The number of likely N-dealkylation sites (N-methyl/N-ethyl adjacent to an activating group) is 1. The lowest BCUT2D eigenvalue weighted by atomic mass is 9.95. The van der Waals surface area contributed by atoms with Crippen LogP contribution in [-0.2, 0) is 6.42 Å². The third-order valence-corrected chi connectivity index (χ3v) is 3.36. The highest BCUT2D eigenvalue weighted by Crippen LogP contribution is 2.31. The average molecular weight is 228 g/mol. The van der Waals surface area contributed by atoms with Crippen LogP contribution in [0.2, 0.25) is 5.02 Å². The second-order valence-corrected chi connectivity index (χ2v) is 4.75. The van der Waals surface area contributed by atoms with Gasteiger partial charge in [0.2, 0.25) is 0 Å². The molecule has 1 heterocycles. The molecule has 0 aromatic heterocycles. The smallest absolute Gasteiger partial charge is 0.145 e. The molecule has 1 aromatic rings. The van der Waals surface area contributed by atoms with Crippen LogP contribution in [0.4, 0.5) is 4.39 Å². The van der Waals surface area contributed by atoms with Crippen molar-refractivity contribution in [3.05, 3.63) is 34.1 Å². The largest absolute Gasteiger partial charge is 0.305 e. The zero-order valence-electron chi connectivity index (χ0n) is 9.06. The van der Waals surface area contributed by atoms with Crippen LogP contribution in [0.25, 0.3) is 0 Å². The van der Waals surface area contributed by atoms with E-state index in [9.17, 15) is 4.39 Å². The van der Waals surface area contributed by atoms with Gasteiger partial charge in [-0.05, 0) is 36.6 Å². The van der Waals surface area contributed by atoms with Crippen LogP contribution < -0.4 is 0 Å². The van der Waals surface area contributed by atoms with Gasteiger partial charge in [-0.25, -0.2) is 4.39 Å². The van der Waals surface area contributed by atoms with Crippen molar-refractivity contribution in [2.45, 2.75) is 19.3 Å². The van der Waals surface area contributed by atoms with E-state index in [1.165, 1.54) is 0 Å². The highest BCUT2D eigenvalue weighted by molar-refractivity contribution is 6.30. The second-order valence-electron chi connectivity index (χ2n) is 4.35. The van der Waals surface area contributed by atoms with Crippen molar-refractivity contribution >= 4 is 11.6 Å². The van der Waals surface area contributed by atoms with Gasteiger partial charge < -0.3 is 4.90 Å². The predicted molar refractivity (Wildman–Crippen MR) is 61.0 cm³/mol. The zero-order chi connectivity index (χ0) is 11.0. The van der Waals surface area contributed by atoms with Gasteiger partial charge in [0.1, 0.15) is 5.82 Å². The Morgan fingerprint density at radius 2 is 2.20 bits per heavy atom. The molecule has 15 heavy (non-hydrogen) atoms. The van der Waals surface area contributed by atoms with E-state index in [0.29, 0.717) is 0 Å². The Bertz CT molecular complexity index is 378. The van der Waals surface area contributed by atoms with Crippen molar-refractivity contribution < 1.29 is 4.39 Å². The minimum atomic E-state index is -0.225. The van der Waals surface area contributed by atoms with Crippen molar-refractivity contribution in [3.63, 3.8) is 0 Å². The number of nitrogens with zero attached hydrogens (tertiary/aromatic N) is 1. The number of fused-ring (bicyclic) bond motifs is 1. The van der Waals surface area contributed by atoms with Gasteiger partial charge in [0.05, 0.1) is 5.02 Å². The molecule has 0 saturated carbocycles. The minimum absolute atomic E-state index is 0.214. The predicted octanol–water partition coefficient (Wildman–Crippen LogP) is 3.07. The quantitative estimate of drug-likeness (QED) is 0.659. The van der Waals surface area contributed by atoms with Crippen molar-refractivity contribution in [2.24, 2.45) is 0 Å². The molecular weight excluding hydrogens is 213 g/mol. The topological polar surface area (TPSA) is 3.24 Å². The molecule has 0 fully saturated rings. The molecular formula is C12H15ClFN.